The van der Waals surface area contributed by atoms with Gasteiger partial charge in [0.05, 0.1) is 11.7 Å². The minimum Gasteiger partial charge on any atom is -0.341 e. The second-order valence-corrected chi connectivity index (χ2v) is 5.75. The molecule has 2 aromatic carbocycles. The van der Waals surface area contributed by atoms with Crippen molar-refractivity contribution >= 4 is 17.5 Å². The van der Waals surface area contributed by atoms with Crippen LogP contribution in [0.3, 0.4) is 0 Å². The highest BCUT2D eigenvalue weighted by Crippen LogP contribution is 2.15. The number of nitrogens with zero attached hydrogens (tertiary/aromatic N) is 4. The summed E-state index contributed by atoms with van der Waals surface area (Å²) in [4.78, 5) is 24.3. The number of carbonyl (C=O) groups excluding carboxylic acids is 2. The second kappa shape index (κ2) is 7.56. The topological polar surface area (TPSA) is 102 Å². The van der Waals surface area contributed by atoms with E-state index in [2.05, 4.69) is 26.2 Å². The Labute approximate surface area is 150 Å². The lowest BCUT2D eigenvalue weighted by Crippen LogP contribution is -2.36. The molecule has 2 amide bonds. The molecule has 3 rings (SSSR count). The molecule has 1 atom stereocenters. The first-order chi connectivity index (χ1) is 12.5. The number of rotatable bonds is 4. The first-order valence-corrected chi connectivity index (χ1v) is 8.07. The third kappa shape index (κ3) is 3.92. The minimum absolute atomic E-state index is 0.273. The molecule has 2 N–H and O–H groups in total. The summed E-state index contributed by atoms with van der Waals surface area (Å²) in [5.41, 5.74) is 2.08. The number of hydrogen-bond donors (Lipinski definition) is 2. The maximum absolute atomic E-state index is 12.2. The van der Waals surface area contributed by atoms with Crippen molar-refractivity contribution in [1.82, 2.24) is 25.5 Å². The van der Waals surface area contributed by atoms with Crippen molar-refractivity contribution in [2.75, 3.05) is 5.32 Å². The number of tetrazole rings is 1. The molecule has 0 spiro atoms. The highest BCUT2D eigenvalue weighted by atomic mass is 16.2. The molecule has 26 heavy (non-hydrogen) atoms. The van der Waals surface area contributed by atoms with E-state index in [0.29, 0.717) is 17.2 Å². The molecule has 0 unspecified atom stereocenters. The molecular formula is C18H18N6O2. The van der Waals surface area contributed by atoms with Gasteiger partial charge in [-0.3, -0.25) is 9.59 Å². The zero-order chi connectivity index (χ0) is 18.5. The van der Waals surface area contributed by atoms with Gasteiger partial charge >= 0.3 is 11.8 Å². The quantitative estimate of drug-likeness (QED) is 0.699. The summed E-state index contributed by atoms with van der Waals surface area (Å²) < 4.78 is 1.53. The summed E-state index contributed by atoms with van der Waals surface area (Å²) in [6, 6.07) is 16.1. The lowest BCUT2D eigenvalue weighted by atomic mass is 10.1. The smallest absolute Gasteiger partial charge is 0.313 e. The molecule has 132 valence electrons. The monoisotopic (exact) mass is 350 g/mol. The predicted molar refractivity (Wildman–Crippen MR) is 95.5 cm³/mol. The summed E-state index contributed by atoms with van der Waals surface area (Å²) in [5, 5.41) is 16.6. The molecule has 1 aromatic heterocycles. The lowest BCUT2D eigenvalue weighted by molar-refractivity contribution is -0.136. The van der Waals surface area contributed by atoms with Crippen LogP contribution in [0.4, 0.5) is 5.69 Å². The second-order valence-electron chi connectivity index (χ2n) is 5.75. The fourth-order valence-electron chi connectivity index (χ4n) is 2.46. The van der Waals surface area contributed by atoms with Crippen LogP contribution in [0.15, 0.2) is 54.6 Å². The Morgan fingerprint density at radius 2 is 1.81 bits per heavy atom. The van der Waals surface area contributed by atoms with Crippen LogP contribution in [0.2, 0.25) is 0 Å². The van der Waals surface area contributed by atoms with E-state index in [4.69, 9.17) is 0 Å². The van der Waals surface area contributed by atoms with E-state index >= 15 is 0 Å². The first-order valence-electron chi connectivity index (χ1n) is 8.07. The average molecular weight is 350 g/mol. The predicted octanol–water partition coefficient (Wildman–Crippen LogP) is 1.79. The molecular weight excluding hydrogens is 332 g/mol. The zero-order valence-electron chi connectivity index (χ0n) is 14.4. The lowest BCUT2D eigenvalue weighted by Gasteiger charge is -2.14. The van der Waals surface area contributed by atoms with Gasteiger partial charge in [-0.15, -0.1) is 5.10 Å². The van der Waals surface area contributed by atoms with E-state index in [1.54, 1.807) is 31.2 Å². The van der Waals surface area contributed by atoms with E-state index in [1.807, 2.05) is 37.3 Å². The van der Waals surface area contributed by atoms with Gasteiger partial charge in [0.15, 0.2) is 5.82 Å². The van der Waals surface area contributed by atoms with Crippen molar-refractivity contribution in [2.45, 2.75) is 19.9 Å². The Kier molecular flexibility index (Phi) is 5.02. The highest BCUT2D eigenvalue weighted by molar-refractivity contribution is 6.39. The molecule has 0 fully saturated rings. The number of aryl methyl sites for hydroxylation is 1. The number of hydrogen-bond acceptors (Lipinski definition) is 5. The van der Waals surface area contributed by atoms with Crippen LogP contribution in [0.25, 0.3) is 5.69 Å². The van der Waals surface area contributed by atoms with Crippen molar-refractivity contribution in [3.05, 3.63) is 66.0 Å². The van der Waals surface area contributed by atoms with Crippen molar-refractivity contribution in [3.63, 3.8) is 0 Å². The van der Waals surface area contributed by atoms with E-state index < -0.39 is 11.8 Å². The number of anilines is 1. The van der Waals surface area contributed by atoms with Gasteiger partial charge in [-0.05, 0) is 48.0 Å². The minimum atomic E-state index is -0.738. The molecule has 0 radical (unpaired) electrons. The first kappa shape index (κ1) is 17.3. The number of benzene rings is 2. The molecule has 0 saturated heterocycles. The Bertz CT molecular complexity index is 922. The Morgan fingerprint density at radius 3 is 2.50 bits per heavy atom. The van der Waals surface area contributed by atoms with Gasteiger partial charge in [-0.2, -0.15) is 4.68 Å². The summed E-state index contributed by atoms with van der Waals surface area (Å²) >= 11 is 0. The summed E-state index contributed by atoms with van der Waals surface area (Å²) in [6.45, 7) is 3.59. The van der Waals surface area contributed by atoms with Gasteiger partial charge in [-0.25, -0.2) is 0 Å². The summed E-state index contributed by atoms with van der Waals surface area (Å²) in [6.07, 6.45) is 0. The largest absolute Gasteiger partial charge is 0.341 e. The fraction of sp³-hybridized carbons (Fsp3) is 0.167. The molecule has 0 aliphatic rings. The van der Waals surface area contributed by atoms with E-state index in [9.17, 15) is 9.59 Å². The van der Waals surface area contributed by atoms with Crippen LogP contribution in [0, 0.1) is 6.92 Å². The van der Waals surface area contributed by atoms with Crippen molar-refractivity contribution in [1.29, 1.82) is 0 Å². The molecule has 0 bridgehead atoms. The van der Waals surface area contributed by atoms with E-state index in [0.717, 1.165) is 5.56 Å². The third-order valence-electron chi connectivity index (χ3n) is 3.83. The fourth-order valence-corrected chi connectivity index (χ4v) is 2.46. The molecule has 8 nitrogen and oxygen atoms in total. The van der Waals surface area contributed by atoms with Crippen LogP contribution in [0.5, 0.6) is 0 Å². The van der Waals surface area contributed by atoms with Crippen LogP contribution in [0.1, 0.15) is 24.4 Å². The average Bonchev–Trinajstić information content (AvgIpc) is 3.08. The van der Waals surface area contributed by atoms with Gasteiger partial charge in [0, 0.05) is 5.69 Å². The van der Waals surface area contributed by atoms with Crippen LogP contribution in [-0.4, -0.2) is 32.0 Å². The van der Waals surface area contributed by atoms with Gasteiger partial charge in [0.2, 0.25) is 0 Å². The number of nitrogens with one attached hydrogen (secondary N) is 2. The Hall–Kier alpha value is -3.55. The Morgan fingerprint density at radius 1 is 1.04 bits per heavy atom. The molecule has 0 aliphatic heterocycles. The molecule has 0 saturated carbocycles. The molecule has 8 heteroatoms. The van der Waals surface area contributed by atoms with E-state index in [-0.39, 0.29) is 6.04 Å². The summed E-state index contributed by atoms with van der Waals surface area (Å²) in [7, 11) is 0. The van der Waals surface area contributed by atoms with Gasteiger partial charge < -0.3 is 10.6 Å². The number of aromatic nitrogens is 4. The van der Waals surface area contributed by atoms with Gasteiger partial charge in [-0.1, -0.05) is 36.4 Å². The van der Waals surface area contributed by atoms with Crippen molar-refractivity contribution in [2.24, 2.45) is 0 Å². The third-order valence-corrected chi connectivity index (χ3v) is 3.83. The standard InChI is InChI=1S/C18H18N6O2/c1-12(14-7-4-3-5-8-14)19-17(25)18(26)20-15-9-6-10-16(11-15)24-13(2)21-22-23-24/h3-12H,1-2H3,(H,19,25)(H,20,26)/t12-/m0/s1. The van der Waals surface area contributed by atoms with Crippen LogP contribution in [-0.2, 0) is 9.59 Å². The maximum atomic E-state index is 12.2. The summed E-state index contributed by atoms with van der Waals surface area (Å²) in [5.74, 6) is -0.827. The van der Waals surface area contributed by atoms with Crippen LogP contribution < -0.4 is 10.6 Å². The molecule has 0 aliphatic carbocycles. The normalized spacial score (nSPS) is 11.6. The van der Waals surface area contributed by atoms with Gasteiger partial charge in [0.1, 0.15) is 0 Å². The SMILES string of the molecule is Cc1nnnn1-c1cccc(NC(=O)C(=O)N[C@@H](C)c2ccccc2)c1. The van der Waals surface area contributed by atoms with Crippen molar-refractivity contribution in [3.8, 4) is 5.69 Å². The molecule has 3 aromatic rings. The Balaban J connectivity index is 1.66. The number of carbonyl (C=O) groups is 2. The van der Waals surface area contributed by atoms with Gasteiger partial charge in [0.25, 0.3) is 0 Å². The molecule has 1 heterocycles. The zero-order valence-corrected chi connectivity index (χ0v) is 14.4. The van der Waals surface area contributed by atoms with E-state index in [1.165, 1.54) is 4.68 Å². The highest BCUT2D eigenvalue weighted by Gasteiger charge is 2.17. The van der Waals surface area contributed by atoms with Crippen LogP contribution >= 0.6 is 0 Å². The maximum Gasteiger partial charge on any atom is 0.313 e. The number of amides is 2. The van der Waals surface area contributed by atoms with Crippen molar-refractivity contribution < 1.29 is 9.59 Å².